The highest BCUT2D eigenvalue weighted by Crippen LogP contribution is 2.42. The molecule has 11 heteroatoms. The van der Waals surface area contributed by atoms with Crippen LogP contribution < -0.4 is 5.32 Å². The number of rotatable bonds is 23. The van der Waals surface area contributed by atoms with Crippen molar-refractivity contribution in [3.63, 3.8) is 0 Å². The van der Waals surface area contributed by atoms with E-state index < -0.39 is 46.8 Å². The van der Waals surface area contributed by atoms with Gasteiger partial charge in [-0.2, -0.15) is 0 Å². The van der Waals surface area contributed by atoms with Crippen LogP contribution in [0.4, 0.5) is 22.0 Å². The van der Waals surface area contributed by atoms with E-state index in [0.717, 1.165) is 60.3 Å². The fourth-order valence-corrected chi connectivity index (χ4v) is 7.88. The molecule has 6 nitrogen and oxygen atoms in total. The number of ether oxygens (including phenoxy) is 2. The third kappa shape index (κ3) is 12.7. The van der Waals surface area contributed by atoms with Crippen molar-refractivity contribution in [1.29, 1.82) is 0 Å². The molecular weight excluding hydrogens is 776 g/mol. The Morgan fingerprint density at radius 2 is 1.20 bits per heavy atom. The van der Waals surface area contributed by atoms with E-state index >= 15 is 0 Å². The first-order valence-electron chi connectivity index (χ1n) is 21.8. The van der Waals surface area contributed by atoms with Crippen molar-refractivity contribution in [2.24, 2.45) is 5.92 Å². The highest BCUT2D eigenvalue weighted by molar-refractivity contribution is 5.94. The summed E-state index contributed by atoms with van der Waals surface area (Å²) in [6.45, 7) is 9.28. The molecule has 4 unspecified atom stereocenters. The molecule has 0 bridgehead atoms. The second-order valence-corrected chi connectivity index (χ2v) is 16.1. The summed E-state index contributed by atoms with van der Waals surface area (Å²) in [5, 5.41) is 12.0. The van der Waals surface area contributed by atoms with E-state index in [1.54, 1.807) is 18.2 Å². The Morgan fingerprint density at radius 1 is 0.650 bits per heavy atom. The minimum absolute atomic E-state index is 0.0378. The number of halogens is 5. The predicted molar refractivity (Wildman–Crippen MR) is 225 cm³/mol. The molecular formula is C49H61F5N2O4. The number of amides is 1. The van der Waals surface area contributed by atoms with Gasteiger partial charge in [0.2, 0.25) is 5.82 Å². The van der Waals surface area contributed by atoms with Crippen molar-refractivity contribution >= 4 is 5.91 Å². The summed E-state index contributed by atoms with van der Waals surface area (Å²) in [6, 6.07) is 22.8. The van der Waals surface area contributed by atoms with E-state index in [-0.39, 0.29) is 31.3 Å². The third-order valence-electron chi connectivity index (χ3n) is 11.6. The minimum Gasteiger partial charge on any atom is -0.392 e. The average molecular weight is 837 g/mol. The molecule has 0 saturated carbocycles. The van der Waals surface area contributed by atoms with Gasteiger partial charge in [0.25, 0.3) is 5.91 Å². The van der Waals surface area contributed by atoms with E-state index in [1.165, 1.54) is 64.2 Å². The maximum atomic E-state index is 14.2. The molecule has 4 aromatic rings. The molecule has 0 aliphatic carbocycles. The van der Waals surface area contributed by atoms with Crippen LogP contribution in [0.5, 0.6) is 0 Å². The van der Waals surface area contributed by atoms with E-state index in [0.29, 0.717) is 5.56 Å². The van der Waals surface area contributed by atoms with Gasteiger partial charge in [0.05, 0.1) is 18.8 Å². The summed E-state index contributed by atoms with van der Waals surface area (Å²) in [5.74, 6) is -12.4. The van der Waals surface area contributed by atoms with Crippen LogP contribution in [0.25, 0.3) is 11.1 Å². The maximum absolute atomic E-state index is 14.2. The first-order valence-corrected chi connectivity index (χ1v) is 21.8. The lowest BCUT2D eigenvalue weighted by atomic mass is 9.89. The monoisotopic (exact) mass is 836 g/mol. The number of unbranched alkanes of at least 4 members (excludes halogenated alkanes) is 10. The topological polar surface area (TPSA) is 71.0 Å². The lowest BCUT2D eigenvalue weighted by molar-refractivity contribution is -0.276. The second kappa shape index (κ2) is 23.7. The number of aliphatic hydroxyl groups is 1. The number of benzene rings is 4. The van der Waals surface area contributed by atoms with E-state index in [9.17, 15) is 31.9 Å². The summed E-state index contributed by atoms with van der Waals surface area (Å²) in [5.41, 5.74) is 3.34. The Labute approximate surface area is 352 Å². The van der Waals surface area contributed by atoms with Gasteiger partial charge in [-0.1, -0.05) is 152 Å². The number of carbonyl (C=O) groups is 1. The van der Waals surface area contributed by atoms with Gasteiger partial charge < -0.3 is 24.8 Å². The largest absolute Gasteiger partial charge is 0.392 e. The van der Waals surface area contributed by atoms with Gasteiger partial charge in [0, 0.05) is 24.6 Å². The first-order chi connectivity index (χ1) is 29.1. The molecule has 1 saturated heterocycles. The van der Waals surface area contributed by atoms with E-state index in [1.807, 2.05) is 54.6 Å². The zero-order valence-electron chi connectivity index (χ0n) is 35.3. The van der Waals surface area contributed by atoms with E-state index in [2.05, 4.69) is 31.0 Å². The molecule has 1 aliphatic heterocycles. The van der Waals surface area contributed by atoms with Gasteiger partial charge >= 0.3 is 0 Å². The van der Waals surface area contributed by atoms with Crippen LogP contribution in [0.15, 0.2) is 72.8 Å². The normalized spacial score (nSPS) is 18.0. The van der Waals surface area contributed by atoms with Gasteiger partial charge in [-0.25, -0.2) is 22.0 Å². The number of nitrogens with zero attached hydrogens (tertiary/aromatic N) is 1. The maximum Gasteiger partial charge on any atom is 0.257 e. The molecule has 326 valence electrons. The highest BCUT2D eigenvalue weighted by atomic mass is 19.2. The van der Waals surface area contributed by atoms with Gasteiger partial charge in [-0.3, -0.25) is 4.79 Å². The summed E-state index contributed by atoms with van der Waals surface area (Å²) in [6.07, 6.45) is 13.9. The van der Waals surface area contributed by atoms with Crippen LogP contribution in [0.2, 0.25) is 0 Å². The van der Waals surface area contributed by atoms with Crippen molar-refractivity contribution in [3.05, 3.63) is 130 Å². The molecule has 0 aromatic heterocycles. The molecule has 0 spiro atoms. The van der Waals surface area contributed by atoms with Gasteiger partial charge in [0.1, 0.15) is 5.56 Å². The Balaban J connectivity index is 1.31. The molecule has 5 rings (SSSR count). The number of carbonyl (C=O) groups excluding carboxylic acids is 1. The molecule has 2 N–H and O–H groups in total. The Morgan fingerprint density at radius 3 is 1.78 bits per heavy atom. The van der Waals surface area contributed by atoms with Crippen molar-refractivity contribution in [3.8, 4) is 11.1 Å². The van der Waals surface area contributed by atoms with Crippen molar-refractivity contribution in [1.82, 2.24) is 10.2 Å². The van der Waals surface area contributed by atoms with Crippen LogP contribution in [0, 0.1) is 35.0 Å². The van der Waals surface area contributed by atoms with Crippen molar-refractivity contribution in [2.75, 3.05) is 19.6 Å². The minimum atomic E-state index is -2.33. The quantitative estimate of drug-likeness (QED) is 0.0337. The molecule has 60 heavy (non-hydrogen) atoms. The zero-order valence-corrected chi connectivity index (χ0v) is 35.3. The number of nitrogens with one attached hydrogen (secondary N) is 1. The van der Waals surface area contributed by atoms with Gasteiger partial charge in [0.15, 0.2) is 29.6 Å². The average Bonchev–Trinajstić information content (AvgIpc) is 3.27. The fourth-order valence-electron chi connectivity index (χ4n) is 7.88. The van der Waals surface area contributed by atoms with E-state index in [4.69, 9.17) is 9.47 Å². The van der Waals surface area contributed by atoms with Crippen LogP contribution in [0.3, 0.4) is 0 Å². The summed E-state index contributed by atoms with van der Waals surface area (Å²) < 4.78 is 83.0. The lowest BCUT2D eigenvalue weighted by Gasteiger charge is -2.43. The highest BCUT2D eigenvalue weighted by Gasteiger charge is 2.39. The van der Waals surface area contributed by atoms with Crippen LogP contribution in [-0.4, -0.2) is 41.7 Å². The van der Waals surface area contributed by atoms with Crippen molar-refractivity contribution in [2.45, 2.75) is 129 Å². The molecule has 4 atom stereocenters. The van der Waals surface area contributed by atoms with Crippen LogP contribution in [-0.2, 0) is 22.6 Å². The second-order valence-electron chi connectivity index (χ2n) is 16.1. The molecule has 1 fully saturated rings. The predicted octanol–water partition coefficient (Wildman–Crippen LogP) is 12.3. The third-order valence-corrected chi connectivity index (χ3v) is 11.6. The SMILES string of the molecule is CCCCCCCCN(CCCCCCCC)CC1OC(c2ccc(-c3cccc(CNC(=O)c4c(F)c(F)c(F)c(F)c4F)c3)cc2)OC(c2ccc(CO)cc2)C1C. The Hall–Kier alpha value is -4.16. The molecule has 4 aromatic carbocycles. The number of hydrogen-bond acceptors (Lipinski definition) is 5. The standard InChI is InChI=1S/C49H61F5N2O4/c1-4-6-8-10-12-14-27-56(28-15-13-11-9-7-5-2)31-40-33(3)47(37-21-19-34(32-57)20-22-37)60-49(59-40)38-25-23-36(24-26-38)39-18-16-17-35(29-39)30-55-48(58)41-42(50)44(52)46(54)45(53)43(41)51/h16-26,29,33,40,47,49,57H,4-15,27-28,30-32H2,1-3H3,(H,55,58). The molecule has 1 amide bonds. The van der Waals surface area contributed by atoms with Crippen LogP contribution in [0.1, 0.15) is 143 Å². The van der Waals surface area contributed by atoms with Gasteiger partial charge in [-0.15, -0.1) is 0 Å². The lowest BCUT2D eigenvalue weighted by Crippen LogP contribution is -2.45. The van der Waals surface area contributed by atoms with Crippen molar-refractivity contribution < 1.29 is 41.3 Å². The summed E-state index contributed by atoms with van der Waals surface area (Å²) in [4.78, 5) is 15.2. The Bertz CT molecular complexity index is 1900. The summed E-state index contributed by atoms with van der Waals surface area (Å²) >= 11 is 0. The fraction of sp³-hybridized carbons (Fsp3) is 0.490. The number of hydrogen-bond donors (Lipinski definition) is 2. The first kappa shape index (κ1) is 46.9. The van der Waals surface area contributed by atoms with Crippen LogP contribution >= 0.6 is 0 Å². The number of aliphatic hydroxyl groups excluding tert-OH is 1. The molecule has 1 heterocycles. The molecule has 0 radical (unpaired) electrons. The zero-order chi connectivity index (χ0) is 43.0. The Kier molecular flexibility index (Phi) is 18.6. The summed E-state index contributed by atoms with van der Waals surface area (Å²) in [7, 11) is 0. The van der Waals surface area contributed by atoms with Gasteiger partial charge in [-0.05, 0) is 59.8 Å². The smallest absolute Gasteiger partial charge is 0.257 e. The molecule has 1 aliphatic rings.